The van der Waals surface area contributed by atoms with Crippen LogP contribution < -0.4 is 10.6 Å². The summed E-state index contributed by atoms with van der Waals surface area (Å²) in [6.45, 7) is 8.25. The summed E-state index contributed by atoms with van der Waals surface area (Å²) >= 11 is 6.39. The van der Waals surface area contributed by atoms with Gasteiger partial charge in [-0.05, 0) is 73.7 Å². The molecule has 4 heterocycles. The largest absolute Gasteiger partial charge is 0.362 e. The summed E-state index contributed by atoms with van der Waals surface area (Å²) in [6, 6.07) is 14.6. The minimum absolute atomic E-state index is 0.0353. The molecule has 3 aliphatic rings. The van der Waals surface area contributed by atoms with Crippen molar-refractivity contribution in [3.8, 4) is 11.1 Å². The summed E-state index contributed by atoms with van der Waals surface area (Å²) < 4.78 is 0. The molecule has 2 atom stereocenters. The molecule has 36 heavy (non-hydrogen) atoms. The number of nitrogens with one attached hydrogen (secondary N) is 2. The highest BCUT2D eigenvalue weighted by Gasteiger charge is 2.53. The van der Waals surface area contributed by atoms with Crippen molar-refractivity contribution in [2.75, 3.05) is 0 Å². The van der Waals surface area contributed by atoms with Gasteiger partial charge in [-0.15, -0.1) is 0 Å². The van der Waals surface area contributed by atoms with E-state index in [0.29, 0.717) is 17.9 Å². The Balaban J connectivity index is 1.58. The second-order valence-electron chi connectivity index (χ2n) is 10.5. The lowest BCUT2D eigenvalue weighted by molar-refractivity contribution is -0.120. The predicted octanol–water partition coefficient (Wildman–Crippen LogP) is 6.34. The zero-order valence-corrected chi connectivity index (χ0v) is 21.6. The van der Waals surface area contributed by atoms with Crippen LogP contribution in [0, 0.1) is 6.92 Å². The van der Waals surface area contributed by atoms with Gasteiger partial charge in [0, 0.05) is 39.8 Å². The first kappa shape index (κ1) is 22.9. The van der Waals surface area contributed by atoms with Crippen molar-refractivity contribution in [2.24, 2.45) is 10.2 Å². The van der Waals surface area contributed by atoms with E-state index in [9.17, 15) is 4.79 Å². The third-order valence-corrected chi connectivity index (χ3v) is 8.13. The van der Waals surface area contributed by atoms with Crippen molar-refractivity contribution in [1.29, 1.82) is 0 Å². The molecule has 182 valence electrons. The van der Waals surface area contributed by atoms with Gasteiger partial charge in [0.05, 0.1) is 22.7 Å². The molecule has 3 aromatic rings. The van der Waals surface area contributed by atoms with Crippen molar-refractivity contribution >= 4 is 28.4 Å². The SMILES string of the molecule is CC[C@]1(c2cccc(-c3ccnc4cc(Cl)c(C)cc34)c2)C2=CN=NC2NC2=C1C(=O)NC(C)(C)C2. The second kappa shape index (κ2) is 8.00. The van der Waals surface area contributed by atoms with Crippen LogP contribution in [0.1, 0.15) is 44.7 Å². The highest BCUT2D eigenvalue weighted by Crippen LogP contribution is 2.51. The standard InChI is InChI=1S/C29H28ClN5O/c1-5-29(21-15-32-35-26(21)33-24-14-28(3,4)34-27(36)25(24)29)18-8-6-7-17(12-18)19-9-10-31-23-13-22(30)16(2)11-20(19)23/h6-13,15,26,33H,5,14H2,1-4H3,(H,34,36)/t26?,29-/m0/s1. The van der Waals surface area contributed by atoms with Crippen LogP contribution in [0.2, 0.25) is 5.02 Å². The fourth-order valence-electron chi connectivity index (χ4n) is 6.09. The molecule has 6 nitrogen and oxygen atoms in total. The smallest absolute Gasteiger partial charge is 0.250 e. The number of benzene rings is 2. The normalized spacial score (nSPS) is 24.2. The van der Waals surface area contributed by atoms with E-state index >= 15 is 0 Å². The molecule has 1 unspecified atom stereocenters. The molecule has 6 rings (SSSR count). The van der Waals surface area contributed by atoms with Crippen LogP contribution in [0.25, 0.3) is 22.0 Å². The molecule has 0 saturated carbocycles. The Kier molecular flexibility index (Phi) is 5.09. The predicted molar refractivity (Wildman–Crippen MR) is 143 cm³/mol. The lowest BCUT2D eigenvalue weighted by Crippen LogP contribution is -2.58. The van der Waals surface area contributed by atoms with Crippen LogP contribution in [-0.2, 0) is 10.2 Å². The van der Waals surface area contributed by atoms with E-state index in [2.05, 4.69) is 76.9 Å². The summed E-state index contributed by atoms with van der Waals surface area (Å²) in [5.41, 5.74) is 6.85. The second-order valence-corrected chi connectivity index (χ2v) is 11.0. The van der Waals surface area contributed by atoms with Crippen molar-refractivity contribution < 1.29 is 4.79 Å². The average Bonchev–Trinajstić information content (AvgIpc) is 3.31. The van der Waals surface area contributed by atoms with E-state index in [-0.39, 0.29) is 17.6 Å². The number of aromatic nitrogens is 1. The molecule has 0 spiro atoms. The quantitative estimate of drug-likeness (QED) is 0.443. The summed E-state index contributed by atoms with van der Waals surface area (Å²) in [5.74, 6) is -0.0353. The van der Waals surface area contributed by atoms with Gasteiger partial charge in [-0.3, -0.25) is 9.78 Å². The lowest BCUT2D eigenvalue weighted by Gasteiger charge is -2.48. The Bertz CT molecular complexity index is 1540. The van der Waals surface area contributed by atoms with E-state index in [4.69, 9.17) is 11.6 Å². The number of halogens is 1. The number of rotatable bonds is 3. The lowest BCUT2D eigenvalue weighted by atomic mass is 9.62. The number of azo groups is 1. The van der Waals surface area contributed by atoms with Crippen LogP contribution in [0.3, 0.4) is 0 Å². The maximum absolute atomic E-state index is 13.7. The number of hydrogen-bond acceptors (Lipinski definition) is 5. The summed E-state index contributed by atoms with van der Waals surface area (Å²) in [5, 5.41) is 17.2. The molecule has 7 heteroatoms. The van der Waals surface area contributed by atoms with Crippen LogP contribution >= 0.6 is 11.6 Å². The topological polar surface area (TPSA) is 78.7 Å². The number of amides is 1. The van der Waals surface area contributed by atoms with Crippen LogP contribution in [-0.4, -0.2) is 22.6 Å². The first-order valence-electron chi connectivity index (χ1n) is 12.3. The number of carbonyl (C=O) groups excluding carboxylic acids is 1. The first-order valence-corrected chi connectivity index (χ1v) is 12.7. The van der Waals surface area contributed by atoms with Crippen molar-refractivity contribution in [1.82, 2.24) is 15.6 Å². The Morgan fingerprint density at radius 1 is 1.17 bits per heavy atom. The van der Waals surface area contributed by atoms with Gasteiger partial charge in [-0.2, -0.15) is 10.2 Å². The van der Waals surface area contributed by atoms with Gasteiger partial charge < -0.3 is 10.6 Å². The molecule has 0 fully saturated rings. The van der Waals surface area contributed by atoms with Gasteiger partial charge in [-0.25, -0.2) is 0 Å². The first-order chi connectivity index (χ1) is 17.2. The number of fused-ring (bicyclic) bond motifs is 2. The minimum Gasteiger partial charge on any atom is -0.362 e. The Labute approximate surface area is 215 Å². The average molecular weight is 498 g/mol. The molecule has 1 aromatic heterocycles. The zero-order chi connectivity index (χ0) is 25.2. The fraction of sp³-hybridized carbons (Fsp3) is 0.310. The summed E-state index contributed by atoms with van der Waals surface area (Å²) in [6.07, 6.45) is 4.81. The molecule has 0 radical (unpaired) electrons. The van der Waals surface area contributed by atoms with E-state index in [1.807, 2.05) is 31.5 Å². The zero-order valence-electron chi connectivity index (χ0n) is 20.8. The highest BCUT2D eigenvalue weighted by molar-refractivity contribution is 6.32. The molecule has 2 N–H and O–H groups in total. The fourth-order valence-corrected chi connectivity index (χ4v) is 6.24. The third kappa shape index (κ3) is 3.31. The van der Waals surface area contributed by atoms with Gasteiger partial charge in [0.2, 0.25) is 0 Å². The Morgan fingerprint density at radius 2 is 2.00 bits per heavy atom. The monoisotopic (exact) mass is 497 g/mol. The molecular weight excluding hydrogens is 470 g/mol. The van der Waals surface area contributed by atoms with Gasteiger partial charge in [0.25, 0.3) is 5.91 Å². The third-order valence-electron chi connectivity index (χ3n) is 7.72. The highest BCUT2D eigenvalue weighted by atomic mass is 35.5. The van der Waals surface area contributed by atoms with Crippen LogP contribution in [0.4, 0.5) is 0 Å². The molecular formula is C29H28ClN5O. The van der Waals surface area contributed by atoms with Gasteiger partial charge in [0.1, 0.15) is 0 Å². The van der Waals surface area contributed by atoms with Gasteiger partial charge in [0.15, 0.2) is 6.17 Å². The number of carbonyl (C=O) groups is 1. The van der Waals surface area contributed by atoms with E-state index in [0.717, 1.165) is 50.0 Å². The molecule has 3 aliphatic heterocycles. The van der Waals surface area contributed by atoms with Crippen molar-refractivity contribution in [2.45, 2.75) is 57.7 Å². The number of pyridine rings is 1. The maximum atomic E-state index is 13.7. The maximum Gasteiger partial charge on any atom is 0.250 e. The Morgan fingerprint density at radius 3 is 2.81 bits per heavy atom. The van der Waals surface area contributed by atoms with Crippen LogP contribution in [0.15, 0.2) is 81.9 Å². The number of hydrogen-bond donors (Lipinski definition) is 2. The van der Waals surface area contributed by atoms with Crippen molar-refractivity contribution in [3.63, 3.8) is 0 Å². The molecule has 0 aliphatic carbocycles. The summed E-state index contributed by atoms with van der Waals surface area (Å²) in [7, 11) is 0. The van der Waals surface area contributed by atoms with Crippen molar-refractivity contribution in [3.05, 3.63) is 87.9 Å². The van der Waals surface area contributed by atoms with E-state index in [1.165, 1.54) is 0 Å². The molecule has 0 saturated heterocycles. The molecule has 1 amide bonds. The van der Waals surface area contributed by atoms with E-state index in [1.54, 1.807) is 0 Å². The van der Waals surface area contributed by atoms with Gasteiger partial charge in [-0.1, -0.05) is 36.7 Å². The Hall–Kier alpha value is -3.51. The summed E-state index contributed by atoms with van der Waals surface area (Å²) in [4.78, 5) is 18.2. The minimum atomic E-state index is -0.632. The number of nitrogens with zero attached hydrogens (tertiary/aromatic N) is 3. The molecule has 0 bridgehead atoms. The van der Waals surface area contributed by atoms with E-state index < -0.39 is 5.41 Å². The van der Waals surface area contributed by atoms with Crippen LogP contribution in [0.5, 0.6) is 0 Å². The van der Waals surface area contributed by atoms with Gasteiger partial charge >= 0.3 is 0 Å². The molecule has 2 aromatic carbocycles. The number of aryl methyl sites for hydroxylation is 1.